The lowest BCUT2D eigenvalue weighted by atomic mass is 10.3. The van der Waals surface area contributed by atoms with Crippen molar-refractivity contribution in [2.75, 3.05) is 19.8 Å². The van der Waals surface area contributed by atoms with Gasteiger partial charge in [-0.2, -0.15) is 0 Å². The van der Waals surface area contributed by atoms with Crippen molar-refractivity contribution in [3.63, 3.8) is 0 Å². The van der Waals surface area contributed by atoms with Crippen molar-refractivity contribution in [2.24, 2.45) is 5.73 Å². The SMILES string of the molecule is CCOCCNC(C)C(N)=O. The van der Waals surface area contributed by atoms with Crippen LogP contribution in [0.2, 0.25) is 0 Å². The van der Waals surface area contributed by atoms with Crippen molar-refractivity contribution >= 4 is 5.91 Å². The summed E-state index contributed by atoms with van der Waals surface area (Å²) in [5, 5.41) is 2.92. The molecule has 3 N–H and O–H groups in total. The van der Waals surface area contributed by atoms with Crippen LogP contribution in [0.3, 0.4) is 0 Å². The zero-order valence-electron chi connectivity index (χ0n) is 7.09. The van der Waals surface area contributed by atoms with Crippen LogP contribution in [-0.4, -0.2) is 31.7 Å². The maximum atomic E-state index is 10.5. The number of carbonyl (C=O) groups is 1. The molecule has 0 aromatic carbocycles. The minimum Gasteiger partial charge on any atom is -0.380 e. The largest absolute Gasteiger partial charge is 0.380 e. The van der Waals surface area contributed by atoms with E-state index in [1.165, 1.54) is 0 Å². The van der Waals surface area contributed by atoms with Gasteiger partial charge in [-0.05, 0) is 13.8 Å². The topological polar surface area (TPSA) is 64.3 Å². The summed E-state index contributed by atoms with van der Waals surface area (Å²) >= 11 is 0. The van der Waals surface area contributed by atoms with Crippen molar-refractivity contribution in [1.29, 1.82) is 0 Å². The van der Waals surface area contributed by atoms with Crippen molar-refractivity contribution in [3.05, 3.63) is 0 Å². The van der Waals surface area contributed by atoms with Crippen molar-refractivity contribution in [3.8, 4) is 0 Å². The van der Waals surface area contributed by atoms with Crippen molar-refractivity contribution < 1.29 is 9.53 Å². The van der Waals surface area contributed by atoms with Crippen LogP contribution >= 0.6 is 0 Å². The Bertz CT molecular complexity index is 117. The van der Waals surface area contributed by atoms with E-state index in [2.05, 4.69) is 5.32 Å². The van der Waals surface area contributed by atoms with Gasteiger partial charge in [0.05, 0.1) is 12.6 Å². The van der Waals surface area contributed by atoms with Gasteiger partial charge in [0.2, 0.25) is 5.91 Å². The highest BCUT2D eigenvalue weighted by atomic mass is 16.5. The minimum absolute atomic E-state index is 0.268. The number of rotatable bonds is 6. The second-order valence-electron chi connectivity index (χ2n) is 2.28. The number of nitrogens with one attached hydrogen (secondary N) is 1. The minimum atomic E-state index is -0.332. The summed E-state index contributed by atoms with van der Waals surface area (Å²) in [5.74, 6) is -0.332. The van der Waals surface area contributed by atoms with Crippen LogP contribution in [0.25, 0.3) is 0 Å². The van der Waals surface area contributed by atoms with E-state index < -0.39 is 0 Å². The van der Waals surface area contributed by atoms with E-state index in [1.807, 2.05) is 6.92 Å². The Balaban J connectivity index is 3.17. The molecule has 4 heteroatoms. The van der Waals surface area contributed by atoms with Crippen LogP contribution in [0.1, 0.15) is 13.8 Å². The molecule has 0 saturated carbocycles. The summed E-state index contributed by atoms with van der Waals surface area (Å²) in [7, 11) is 0. The Morgan fingerprint density at radius 2 is 2.36 bits per heavy atom. The number of amides is 1. The summed E-state index contributed by atoms with van der Waals surface area (Å²) in [6.45, 7) is 5.64. The van der Waals surface area contributed by atoms with Gasteiger partial charge in [0, 0.05) is 13.2 Å². The Kier molecular flexibility index (Phi) is 5.78. The zero-order chi connectivity index (χ0) is 8.69. The van der Waals surface area contributed by atoms with Gasteiger partial charge in [-0.3, -0.25) is 4.79 Å². The molecule has 0 aromatic heterocycles. The lowest BCUT2D eigenvalue weighted by Crippen LogP contribution is -2.40. The summed E-state index contributed by atoms with van der Waals surface area (Å²) in [6, 6.07) is -0.268. The van der Waals surface area contributed by atoms with Gasteiger partial charge in [-0.25, -0.2) is 0 Å². The third-order valence-electron chi connectivity index (χ3n) is 1.33. The summed E-state index contributed by atoms with van der Waals surface area (Å²) in [5.41, 5.74) is 5.01. The van der Waals surface area contributed by atoms with Crippen molar-refractivity contribution in [1.82, 2.24) is 5.32 Å². The Labute approximate surface area is 67.1 Å². The molecule has 1 unspecified atom stereocenters. The monoisotopic (exact) mass is 160 g/mol. The first-order valence-electron chi connectivity index (χ1n) is 3.79. The molecule has 0 aliphatic carbocycles. The van der Waals surface area contributed by atoms with Gasteiger partial charge < -0.3 is 15.8 Å². The maximum Gasteiger partial charge on any atom is 0.234 e. The van der Waals surface area contributed by atoms with Gasteiger partial charge in [-0.15, -0.1) is 0 Å². The Morgan fingerprint density at radius 1 is 1.73 bits per heavy atom. The standard InChI is InChI=1S/C7H16N2O2/c1-3-11-5-4-9-6(2)7(8)10/h6,9H,3-5H2,1-2H3,(H2,8,10). The number of primary amides is 1. The Hall–Kier alpha value is -0.610. The quantitative estimate of drug-likeness (QED) is 0.514. The van der Waals surface area contributed by atoms with Crippen LogP contribution in [0.4, 0.5) is 0 Å². The number of hydrogen-bond acceptors (Lipinski definition) is 3. The van der Waals surface area contributed by atoms with Crippen LogP contribution < -0.4 is 11.1 Å². The molecule has 0 fully saturated rings. The second-order valence-corrected chi connectivity index (χ2v) is 2.28. The third-order valence-corrected chi connectivity index (χ3v) is 1.33. The maximum absolute atomic E-state index is 10.5. The van der Waals surface area contributed by atoms with E-state index in [9.17, 15) is 4.79 Å². The summed E-state index contributed by atoms with van der Waals surface area (Å²) in [4.78, 5) is 10.5. The summed E-state index contributed by atoms with van der Waals surface area (Å²) in [6.07, 6.45) is 0. The van der Waals surface area contributed by atoms with Gasteiger partial charge in [-0.1, -0.05) is 0 Å². The fourth-order valence-corrected chi connectivity index (χ4v) is 0.593. The first kappa shape index (κ1) is 10.4. The van der Waals surface area contributed by atoms with Gasteiger partial charge in [0.25, 0.3) is 0 Å². The highest BCUT2D eigenvalue weighted by Crippen LogP contribution is 1.78. The average molecular weight is 160 g/mol. The fourth-order valence-electron chi connectivity index (χ4n) is 0.593. The van der Waals surface area contributed by atoms with E-state index in [4.69, 9.17) is 10.5 Å². The number of ether oxygens (including phenoxy) is 1. The molecule has 66 valence electrons. The molecule has 4 nitrogen and oxygen atoms in total. The molecular weight excluding hydrogens is 144 g/mol. The number of carbonyl (C=O) groups excluding carboxylic acids is 1. The average Bonchev–Trinajstić information content (AvgIpc) is 1.97. The van der Waals surface area contributed by atoms with E-state index in [0.717, 1.165) is 0 Å². The lowest BCUT2D eigenvalue weighted by Gasteiger charge is -2.08. The second kappa shape index (κ2) is 6.12. The molecule has 1 atom stereocenters. The van der Waals surface area contributed by atoms with Crippen LogP contribution in [-0.2, 0) is 9.53 Å². The molecule has 0 radical (unpaired) electrons. The number of nitrogens with two attached hydrogens (primary N) is 1. The Morgan fingerprint density at radius 3 is 2.82 bits per heavy atom. The molecule has 0 aliphatic rings. The van der Waals surface area contributed by atoms with Gasteiger partial charge in [0.1, 0.15) is 0 Å². The van der Waals surface area contributed by atoms with E-state index in [1.54, 1.807) is 6.92 Å². The molecule has 0 saturated heterocycles. The molecular formula is C7H16N2O2. The van der Waals surface area contributed by atoms with Gasteiger partial charge >= 0.3 is 0 Å². The third kappa shape index (κ3) is 5.82. The molecule has 0 heterocycles. The molecule has 0 aliphatic heterocycles. The summed E-state index contributed by atoms with van der Waals surface area (Å²) < 4.78 is 5.05. The van der Waals surface area contributed by atoms with E-state index >= 15 is 0 Å². The highest BCUT2D eigenvalue weighted by molar-refractivity contribution is 5.79. The smallest absolute Gasteiger partial charge is 0.234 e. The zero-order valence-corrected chi connectivity index (χ0v) is 7.09. The van der Waals surface area contributed by atoms with E-state index in [-0.39, 0.29) is 11.9 Å². The molecule has 11 heavy (non-hydrogen) atoms. The molecule has 0 bridgehead atoms. The molecule has 0 aromatic rings. The van der Waals surface area contributed by atoms with Gasteiger partial charge in [0.15, 0.2) is 0 Å². The molecule has 0 spiro atoms. The van der Waals surface area contributed by atoms with Crippen LogP contribution in [0, 0.1) is 0 Å². The number of hydrogen-bond donors (Lipinski definition) is 2. The van der Waals surface area contributed by atoms with Crippen LogP contribution in [0.15, 0.2) is 0 Å². The normalized spacial score (nSPS) is 12.9. The predicted octanol–water partition coefficient (Wildman–Crippen LogP) is -0.514. The van der Waals surface area contributed by atoms with Crippen molar-refractivity contribution in [2.45, 2.75) is 19.9 Å². The highest BCUT2D eigenvalue weighted by Gasteiger charge is 2.05. The van der Waals surface area contributed by atoms with Crippen LogP contribution in [0.5, 0.6) is 0 Å². The van der Waals surface area contributed by atoms with E-state index in [0.29, 0.717) is 19.8 Å². The molecule has 1 amide bonds. The predicted molar refractivity (Wildman–Crippen MR) is 43.2 cm³/mol. The fraction of sp³-hybridized carbons (Fsp3) is 0.857. The first-order valence-corrected chi connectivity index (χ1v) is 3.79. The lowest BCUT2D eigenvalue weighted by molar-refractivity contribution is -0.119. The first-order chi connectivity index (χ1) is 5.18. The molecule has 0 rings (SSSR count).